The molecule has 0 atom stereocenters. The minimum absolute atomic E-state index is 0.0318. The van der Waals surface area contributed by atoms with Gasteiger partial charge in [-0.05, 0) is 37.1 Å². The molecular formula is C19H22N4OS2. The number of fused-ring (bicyclic) bond motifs is 3. The fourth-order valence-electron chi connectivity index (χ4n) is 3.34. The predicted octanol–water partition coefficient (Wildman–Crippen LogP) is 4.49. The maximum atomic E-state index is 12.8. The Balaban J connectivity index is 1.68. The van der Waals surface area contributed by atoms with Crippen LogP contribution >= 0.6 is 22.7 Å². The molecule has 3 aromatic heterocycles. The van der Waals surface area contributed by atoms with E-state index >= 15 is 0 Å². The maximum Gasteiger partial charge on any atom is 0.270 e. The Morgan fingerprint density at radius 2 is 2.23 bits per heavy atom. The van der Waals surface area contributed by atoms with Crippen molar-refractivity contribution in [3.63, 3.8) is 0 Å². The molecule has 0 radical (unpaired) electrons. The second-order valence-electron chi connectivity index (χ2n) is 6.88. The number of aryl methyl sites for hydroxylation is 1. The molecule has 0 bridgehead atoms. The van der Waals surface area contributed by atoms with Crippen molar-refractivity contribution in [2.45, 2.75) is 40.2 Å². The predicted molar refractivity (Wildman–Crippen MR) is 107 cm³/mol. The van der Waals surface area contributed by atoms with Crippen molar-refractivity contribution in [1.29, 1.82) is 0 Å². The van der Waals surface area contributed by atoms with Crippen molar-refractivity contribution in [1.82, 2.24) is 14.8 Å². The van der Waals surface area contributed by atoms with Crippen LogP contribution in [0.25, 0.3) is 11.3 Å². The van der Waals surface area contributed by atoms with Gasteiger partial charge in [0.2, 0.25) is 0 Å². The molecule has 0 fully saturated rings. The van der Waals surface area contributed by atoms with E-state index in [1.807, 2.05) is 30.6 Å². The number of rotatable bonds is 5. The maximum absolute atomic E-state index is 12.8. The van der Waals surface area contributed by atoms with Crippen molar-refractivity contribution in [2.75, 3.05) is 11.4 Å². The third-order valence-electron chi connectivity index (χ3n) is 4.54. The summed E-state index contributed by atoms with van der Waals surface area (Å²) in [5.74, 6) is 0.592. The molecule has 0 saturated heterocycles. The number of hydrogen-bond acceptors (Lipinski definition) is 5. The lowest BCUT2D eigenvalue weighted by Gasteiger charge is -2.16. The summed E-state index contributed by atoms with van der Waals surface area (Å²) in [5.41, 5.74) is 3.42. The molecule has 0 saturated carbocycles. The lowest BCUT2D eigenvalue weighted by atomic mass is 10.0. The molecule has 26 heavy (non-hydrogen) atoms. The van der Waals surface area contributed by atoms with Gasteiger partial charge < -0.3 is 0 Å². The van der Waals surface area contributed by atoms with Gasteiger partial charge in [-0.2, -0.15) is 5.10 Å². The van der Waals surface area contributed by atoms with Crippen LogP contribution in [0.15, 0.2) is 23.7 Å². The molecule has 136 valence electrons. The van der Waals surface area contributed by atoms with Crippen LogP contribution in [-0.2, 0) is 19.4 Å². The number of carbonyl (C=O) groups excluding carboxylic acids is 1. The van der Waals surface area contributed by atoms with Crippen molar-refractivity contribution in [3.05, 3.63) is 39.2 Å². The van der Waals surface area contributed by atoms with Gasteiger partial charge in [0, 0.05) is 29.2 Å². The smallest absolute Gasteiger partial charge is 0.270 e. The number of anilines is 1. The number of aromatic nitrogens is 3. The summed E-state index contributed by atoms with van der Waals surface area (Å²) in [4.78, 5) is 21.5. The van der Waals surface area contributed by atoms with Crippen LogP contribution < -0.4 is 4.90 Å². The fraction of sp³-hybridized carbons (Fsp3) is 0.421. The second kappa shape index (κ2) is 6.96. The molecule has 1 aliphatic rings. The average Bonchev–Trinajstić information content (AvgIpc) is 3.33. The SMILES string of the molecule is CCN(C(=O)c1cccs1)c1nc2c(s1)CCc1c-2cnn1CC(C)C. The second-order valence-corrected chi connectivity index (χ2v) is 8.89. The highest BCUT2D eigenvalue weighted by atomic mass is 32.1. The highest BCUT2D eigenvalue weighted by Gasteiger charge is 2.28. The molecular weight excluding hydrogens is 364 g/mol. The van der Waals surface area contributed by atoms with E-state index in [4.69, 9.17) is 4.98 Å². The Labute approximate surface area is 161 Å². The Hall–Kier alpha value is -1.99. The summed E-state index contributed by atoms with van der Waals surface area (Å²) < 4.78 is 2.12. The third kappa shape index (κ3) is 2.99. The van der Waals surface area contributed by atoms with E-state index in [1.54, 1.807) is 16.2 Å². The number of carbonyl (C=O) groups is 1. The van der Waals surface area contributed by atoms with E-state index in [0.717, 1.165) is 40.7 Å². The van der Waals surface area contributed by atoms with Gasteiger partial charge in [-0.1, -0.05) is 19.9 Å². The van der Waals surface area contributed by atoms with Gasteiger partial charge in [-0.3, -0.25) is 14.4 Å². The first-order valence-corrected chi connectivity index (χ1v) is 10.7. The van der Waals surface area contributed by atoms with Crippen LogP contribution in [0, 0.1) is 5.92 Å². The first-order valence-electron chi connectivity index (χ1n) is 8.98. The Bertz CT molecular complexity index is 924. The fourth-order valence-corrected chi connectivity index (χ4v) is 5.15. The van der Waals surface area contributed by atoms with Crippen LogP contribution in [0.1, 0.15) is 41.0 Å². The van der Waals surface area contributed by atoms with Crippen LogP contribution in [-0.4, -0.2) is 27.2 Å². The first kappa shape index (κ1) is 17.4. The van der Waals surface area contributed by atoms with Crippen molar-refractivity contribution in [2.24, 2.45) is 5.92 Å². The van der Waals surface area contributed by atoms with Gasteiger partial charge in [0.15, 0.2) is 5.13 Å². The standard InChI is InChI=1S/C19H22N4OS2/c1-4-22(18(24)16-6-5-9-25-16)19-21-17-13-10-20-23(11-12(2)3)14(13)7-8-15(17)26-19/h5-6,9-10,12H,4,7-8,11H2,1-3H3. The number of thiophene rings is 1. The summed E-state index contributed by atoms with van der Waals surface area (Å²) in [5, 5.41) is 7.32. The van der Waals surface area contributed by atoms with E-state index in [2.05, 4.69) is 23.6 Å². The van der Waals surface area contributed by atoms with E-state index in [-0.39, 0.29) is 5.91 Å². The van der Waals surface area contributed by atoms with Crippen LogP contribution in [0.3, 0.4) is 0 Å². The van der Waals surface area contributed by atoms with Gasteiger partial charge in [-0.15, -0.1) is 22.7 Å². The Morgan fingerprint density at radius 1 is 1.38 bits per heavy atom. The minimum Gasteiger partial charge on any atom is -0.284 e. The zero-order valence-corrected chi connectivity index (χ0v) is 16.9. The largest absolute Gasteiger partial charge is 0.284 e. The number of nitrogens with zero attached hydrogens (tertiary/aromatic N) is 4. The summed E-state index contributed by atoms with van der Waals surface area (Å²) in [6, 6.07) is 3.78. The molecule has 4 rings (SSSR count). The van der Waals surface area contributed by atoms with Gasteiger partial charge >= 0.3 is 0 Å². The van der Waals surface area contributed by atoms with Crippen molar-refractivity contribution >= 4 is 33.7 Å². The quantitative estimate of drug-likeness (QED) is 0.649. The number of amides is 1. The highest BCUT2D eigenvalue weighted by molar-refractivity contribution is 7.16. The van der Waals surface area contributed by atoms with Gasteiger partial charge in [0.25, 0.3) is 5.91 Å². The molecule has 1 aliphatic carbocycles. The molecule has 0 aliphatic heterocycles. The van der Waals surface area contributed by atoms with Gasteiger partial charge in [-0.25, -0.2) is 4.98 Å². The summed E-state index contributed by atoms with van der Waals surface area (Å²) in [6.07, 6.45) is 3.90. The summed E-state index contributed by atoms with van der Waals surface area (Å²) >= 11 is 3.12. The van der Waals surface area contributed by atoms with Crippen LogP contribution in [0.2, 0.25) is 0 Å². The molecule has 0 N–H and O–H groups in total. The summed E-state index contributed by atoms with van der Waals surface area (Å²) in [6.45, 7) is 7.96. The van der Waals surface area contributed by atoms with Crippen LogP contribution in [0.4, 0.5) is 5.13 Å². The lowest BCUT2D eigenvalue weighted by Crippen LogP contribution is -2.29. The molecule has 3 aromatic rings. The lowest BCUT2D eigenvalue weighted by molar-refractivity contribution is 0.0992. The van der Waals surface area contributed by atoms with E-state index in [9.17, 15) is 4.79 Å². The van der Waals surface area contributed by atoms with E-state index < -0.39 is 0 Å². The number of hydrogen-bond donors (Lipinski definition) is 0. The Kier molecular flexibility index (Phi) is 4.67. The molecule has 3 heterocycles. The molecule has 1 amide bonds. The average molecular weight is 387 g/mol. The van der Waals surface area contributed by atoms with E-state index in [0.29, 0.717) is 12.5 Å². The van der Waals surface area contributed by atoms with Crippen LogP contribution in [0.5, 0.6) is 0 Å². The summed E-state index contributed by atoms with van der Waals surface area (Å²) in [7, 11) is 0. The third-order valence-corrected chi connectivity index (χ3v) is 6.54. The van der Waals surface area contributed by atoms with Gasteiger partial charge in [0.05, 0.1) is 16.8 Å². The van der Waals surface area contributed by atoms with E-state index in [1.165, 1.54) is 21.9 Å². The monoisotopic (exact) mass is 386 g/mol. The highest BCUT2D eigenvalue weighted by Crippen LogP contribution is 2.39. The molecule has 0 spiro atoms. The molecule has 5 nitrogen and oxygen atoms in total. The topological polar surface area (TPSA) is 51.0 Å². The van der Waals surface area contributed by atoms with Gasteiger partial charge in [0.1, 0.15) is 0 Å². The first-order chi connectivity index (χ1) is 12.6. The van der Waals surface area contributed by atoms with Crippen molar-refractivity contribution < 1.29 is 4.79 Å². The normalized spacial score (nSPS) is 12.9. The zero-order chi connectivity index (χ0) is 18.3. The van der Waals surface area contributed by atoms with Crippen molar-refractivity contribution in [3.8, 4) is 11.3 Å². The molecule has 0 unspecified atom stereocenters. The molecule has 7 heteroatoms. The molecule has 0 aromatic carbocycles. The Morgan fingerprint density at radius 3 is 2.92 bits per heavy atom. The zero-order valence-electron chi connectivity index (χ0n) is 15.2. The number of thiazole rings is 1. The minimum atomic E-state index is 0.0318.